The third-order valence-electron chi connectivity index (χ3n) is 5.08. The van der Waals surface area contributed by atoms with E-state index in [1.807, 2.05) is 0 Å². The van der Waals surface area contributed by atoms with Crippen LogP contribution in [-0.2, 0) is 9.53 Å². The fourth-order valence-electron chi connectivity index (χ4n) is 3.90. The Balaban J connectivity index is 2.32. The summed E-state index contributed by atoms with van der Waals surface area (Å²) in [4.78, 5) is 25.8. The van der Waals surface area contributed by atoms with Crippen molar-refractivity contribution in [1.29, 1.82) is 0 Å². The number of halogens is 2. The maximum Gasteiger partial charge on any atom is 0.417 e. The zero-order valence-electron chi connectivity index (χ0n) is 14.2. The summed E-state index contributed by atoms with van der Waals surface area (Å²) in [5.41, 5.74) is -0.779. The van der Waals surface area contributed by atoms with Gasteiger partial charge in [0, 0.05) is 30.9 Å². The molecule has 2 rings (SSSR count). The molecule has 0 aromatic carbocycles. The number of hydrogen-bond acceptors (Lipinski definition) is 4. The summed E-state index contributed by atoms with van der Waals surface area (Å²) in [6.07, 6.45) is -1.39. The average molecular weight is 333 g/mol. The molecular weight excluding hydrogens is 308 g/mol. The first kappa shape index (κ1) is 18.1. The Morgan fingerprint density at radius 1 is 1.39 bits per heavy atom. The number of imide groups is 1. The van der Waals surface area contributed by atoms with Crippen LogP contribution in [0.25, 0.3) is 0 Å². The largest absolute Gasteiger partial charge is 0.443 e. The number of nitrogens with zero attached hydrogens (tertiary/aromatic N) is 1. The Hall–Kier alpha value is -1.24. The van der Waals surface area contributed by atoms with Gasteiger partial charge in [-0.05, 0) is 39.5 Å². The van der Waals surface area contributed by atoms with Crippen molar-refractivity contribution in [3.8, 4) is 0 Å². The molecule has 0 aromatic heterocycles. The number of carbonyl (C=O) groups excluding carboxylic acids is 2. The van der Waals surface area contributed by atoms with Crippen LogP contribution in [0.1, 0.15) is 41.0 Å². The van der Waals surface area contributed by atoms with Gasteiger partial charge in [0.2, 0.25) is 5.91 Å². The van der Waals surface area contributed by atoms with Crippen LogP contribution in [-0.4, -0.2) is 46.2 Å². The summed E-state index contributed by atoms with van der Waals surface area (Å²) >= 11 is 0. The minimum absolute atomic E-state index is 0.433. The number of rotatable bonds is 1. The van der Waals surface area contributed by atoms with Gasteiger partial charge in [-0.1, -0.05) is 6.92 Å². The standard InChI is InChI=1S/C16H25F2NO4/c1-8-11(7-20)12-9(2)19(14(22)23-15(3,4)5)13(21)10(12)6-16(8,17)18/h8-12,20H,6-7H2,1-5H3/t8-,9+,10+,11-,12+/m0/s1. The van der Waals surface area contributed by atoms with Gasteiger partial charge < -0.3 is 9.84 Å². The van der Waals surface area contributed by atoms with E-state index in [0.717, 1.165) is 4.90 Å². The van der Waals surface area contributed by atoms with Gasteiger partial charge in [-0.25, -0.2) is 18.5 Å². The number of aliphatic hydroxyl groups excluding tert-OH is 1. The number of hydrogen-bond donors (Lipinski definition) is 1. The molecule has 132 valence electrons. The van der Waals surface area contributed by atoms with E-state index in [1.54, 1.807) is 27.7 Å². The number of amides is 2. The Kier molecular flexibility index (Phi) is 4.47. The van der Waals surface area contributed by atoms with Crippen LogP contribution in [0.2, 0.25) is 0 Å². The number of carbonyl (C=O) groups is 2. The minimum atomic E-state index is -3.03. The molecule has 1 saturated carbocycles. The SMILES string of the molecule is C[C@@H]1[C@H]2[C@@H](CO)[C@H](C)C(F)(F)C[C@H]2C(=O)N1C(=O)OC(C)(C)C. The number of fused-ring (bicyclic) bond motifs is 1. The van der Waals surface area contributed by atoms with Crippen LogP contribution in [0.5, 0.6) is 0 Å². The number of alkyl halides is 2. The number of likely N-dealkylation sites (tertiary alicyclic amines) is 1. The molecule has 1 aliphatic heterocycles. The van der Waals surface area contributed by atoms with Crippen molar-refractivity contribution in [2.24, 2.45) is 23.7 Å². The van der Waals surface area contributed by atoms with Crippen LogP contribution in [0.15, 0.2) is 0 Å². The summed E-state index contributed by atoms with van der Waals surface area (Å²) in [5.74, 6) is -6.86. The van der Waals surface area contributed by atoms with Crippen molar-refractivity contribution in [3.63, 3.8) is 0 Å². The maximum atomic E-state index is 14.2. The molecule has 5 nitrogen and oxygen atoms in total. The van der Waals surface area contributed by atoms with E-state index in [9.17, 15) is 23.5 Å². The van der Waals surface area contributed by atoms with Crippen molar-refractivity contribution < 1.29 is 28.2 Å². The molecule has 0 unspecified atom stereocenters. The summed E-state index contributed by atoms with van der Waals surface area (Å²) in [6, 6.07) is -0.571. The minimum Gasteiger partial charge on any atom is -0.443 e. The first-order valence-corrected chi connectivity index (χ1v) is 7.95. The van der Waals surface area contributed by atoms with E-state index in [0.29, 0.717) is 0 Å². The van der Waals surface area contributed by atoms with E-state index in [-0.39, 0.29) is 0 Å². The monoisotopic (exact) mass is 333 g/mol. The van der Waals surface area contributed by atoms with Crippen LogP contribution >= 0.6 is 0 Å². The highest BCUT2D eigenvalue weighted by molar-refractivity contribution is 5.96. The highest BCUT2D eigenvalue weighted by atomic mass is 19.3. The van der Waals surface area contributed by atoms with Crippen molar-refractivity contribution in [1.82, 2.24) is 4.90 Å². The predicted octanol–water partition coefficient (Wildman–Crippen LogP) is 2.67. The molecule has 2 fully saturated rings. The topological polar surface area (TPSA) is 66.8 Å². The third kappa shape index (κ3) is 3.07. The molecule has 2 aliphatic rings. The average Bonchev–Trinajstić information content (AvgIpc) is 2.61. The van der Waals surface area contributed by atoms with E-state index in [4.69, 9.17) is 4.74 Å². The fraction of sp³-hybridized carbons (Fsp3) is 0.875. The van der Waals surface area contributed by atoms with E-state index in [1.165, 1.54) is 6.92 Å². The van der Waals surface area contributed by atoms with Gasteiger partial charge in [0.15, 0.2) is 0 Å². The zero-order chi connectivity index (χ0) is 17.7. The predicted molar refractivity (Wildman–Crippen MR) is 78.8 cm³/mol. The first-order valence-electron chi connectivity index (χ1n) is 7.95. The lowest BCUT2D eigenvalue weighted by Gasteiger charge is -2.42. The Bertz CT molecular complexity index is 503. The Labute approximate surface area is 135 Å². The molecule has 0 aromatic rings. The van der Waals surface area contributed by atoms with Gasteiger partial charge in [0.25, 0.3) is 5.92 Å². The zero-order valence-corrected chi connectivity index (χ0v) is 14.2. The molecule has 2 amide bonds. The summed E-state index contributed by atoms with van der Waals surface area (Å²) in [7, 11) is 0. The third-order valence-corrected chi connectivity index (χ3v) is 5.08. The molecule has 23 heavy (non-hydrogen) atoms. The highest BCUT2D eigenvalue weighted by Gasteiger charge is 2.62. The number of aliphatic hydroxyl groups is 1. The molecule has 0 radical (unpaired) electrons. The van der Waals surface area contributed by atoms with Gasteiger partial charge >= 0.3 is 6.09 Å². The normalized spacial score (nSPS) is 36.8. The fourth-order valence-corrected chi connectivity index (χ4v) is 3.90. The highest BCUT2D eigenvalue weighted by Crippen LogP contribution is 2.52. The Morgan fingerprint density at radius 3 is 2.43 bits per heavy atom. The molecule has 1 saturated heterocycles. The quantitative estimate of drug-likeness (QED) is 0.801. The van der Waals surface area contributed by atoms with E-state index < -0.39 is 66.3 Å². The summed E-state index contributed by atoms with van der Waals surface area (Å²) in [5, 5.41) is 9.58. The number of ether oxygens (including phenoxy) is 1. The van der Waals surface area contributed by atoms with Crippen molar-refractivity contribution in [2.45, 2.75) is 58.6 Å². The second-order valence-corrected chi connectivity index (χ2v) is 7.71. The van der Waals surface area contributed by atoms with Gasteiger partial charge in [-0.2, -0.15) is 0 Å². The molecule has 0 spiro atoms. The van der Waals surface area contributed by atoms with Crippen molar-refractivity contribution in [2.75, 3.05) is 6.61 Å². The first-order chi connectivity index (χ1) is 10.4. The second kappa shape index (κ2) is 5.69. The van der Waals surface area contributed by atoms with Crippen LogP contribution < -0.4 is 0 Å². The molecular formula is C16H25F2NO4. The second-order valence-electron chi connectivity index (χ2n) is 7.71. The van der Waals surface area contributed by atoms with Gasteiger partial charge in [-0.15, -0.1) is 0 Å². The van der Waals surface area contributed by atoms with Gasteiger partial charge in [0.05, 0.1) is 0 Å². The van der Waals surface area contributed by atoms with Crippen LogP contribution in [0.3, 0.4) is 0 Å². The molecule has 1 N–H and O–H groups in total. The molecule has 0 bridgehead atoms. The lowest BCUT2D eigenvalue weighted by molar-refractivity contribution is -0.155. The van der Waals surface area contributed by atoms with E-state index >= 15 is 0 Å². The van der Waals surface area contributed by atoms with Crippen molar-refractivity contribution >= 4 is 12.0 Å². The summed E-state index contributed by atoms with van der Waals surface area (Å²) in [6.45, 7) is 7.65. The molecule has 1 aliphatic carbocycles. The van der Waals surface area contributed by atoms with Crippen LogP contribution in [0.4, 0.5) is 13.6 Å². The molecule has 7 heteroatoms. The smallest absolute Gasteiger partial charge is 0.417 e. The molecule has 5 atom stereocenters. The van der Waals surface area contributed by atoms with Gasteiger partial charge in [0.1, 0.15) is 5.60 Å². The van der Waals surface area contributed by atoms with Gasteiger partial charge in [-0.3, -0.25) is 4.79 Å². The van der Waals surface area contributed by atoms with Crippen LogP contribution in [0, 0.1) is 23.7 Å². The van der Waals surface area contributed by atoms with Crippen molar-refractivity contribution in [3.05, 3.63) is 0 Å². The summed E-state index contributed by atoms with van der Waals surface area (Å²) < 4.78 is 33.6. The Morgan fingerprint density at radius 2 is 1.96 bits per heavy atom. The lowest BCUT2D eigenvalue weighted by atomic mass is 9.65. The molecule has 1 heterocycles. The van der Waals surface area contributed by atoms with E-state index in [2.05, 4.69) is 0 Å². The lowest BCUT2D eigenvalue weighted by Crippen LogP contribution is -2.49. The maximum absolute atomic E-state index is 14.2.